The third-order valence-electron chi connectivity index (χ3n) is 3.95. The molecular formula is C17H27NO2S. The van der Waals surface area contributed by atoms with Crippen LogP contribution in [0.4, 0.5) is 0 Å². The number of nitrogens with one attached hydrogen (secondary N) is 1. The summed E-state index contributed by atoms with van der Waals surface area (Å²) in [7, 11) is -0.840. The lowest BCUT2D eigenvalue weighted by Crippen LogP contribution is -2.30. The van der Waals surface area contributed by atoms with Crippen LogP contribution >= 0.6 is 0 Å². The van der Waals surface area contributed by atoms with Crippen molar-refractivity contribution in [2.45, 2.75) is 45.3 Å². The topological polar surface area (TPSA) is 38.3 Å². The molecular weight excluding hydrogens is 282 g/mol. The second-order valence-electron chi connectivity index (χ2n) is 5.77. The van der Waals surface area contributed by atoms with Crippen LogP contribution in [-0.4, -0.2) is 35.0 Å². The minimum absolute atomic E-state index is 0.174. The molecule has 0 bridgehead atoms. The first-order valence-electron chi connectivity index (χ1n) is 7.96. The van der Waals surface area contributed by atoms with Gasteiger partial charge in [-0.1, -0.05) is 31.2 Å². The molecule has 2 rings (SSSR count). The zero-order valence-electron chi connectivity index (χ0n) is 13.1. The van der Waals surface area contributed by atoms with Crippen molar-refractivity contribution in [3.8, 4) is 0 Å². The fourth-order valence-corrected chi connectivity index (χ4v) is 4.27. The van der Waals surface area contributed by atoms with E-state index in [0.29, 0.717) is 11.5 Å². The zero-order chi connectivity index (χ0) is 15.1. The molecule has 0 saturated carbocycles. The highest BCUT2D eigenvalue weighted by atomic mass is 32.2. The molecule has 0 aromatic heterocycles. The van der Waals surface area contributed by atoms with E-state index >= 15 is 0 Å². The summed E-state index contributed by atoms with van der Waals surface area (Å²) in [5.41, 5.74) is 2.53. The Labute approximate surface area is 130 Å². The van der Waals surface area contributed by atoms with Crippen molar-refractivity contribution < 1.29 is 8.95 Å². The molecule has 1 aromatic carbocycles. The predicted octanol–water partition coefficient (Wildman–Crippen LogP) is 2.96. The largest absolute Gasteiger partial charge is 0.377 e. The van der Waals surface area contributed by atoms with Crippen LogP contribution in [0, 0.1) is 6.92 Å². The van der Waals surface area contributed by atoms with E-state index in [4.69, 9.17) is 4.74 Å². The maximum Gasteiger partial charge on any atom is 0.0691 e. The van der Waals surface area contributed by atoms with E-state index in [9.17, 15) is 4.21 Å². The van der Waals surface area contributed by atoms with Crippen molar-refractivity contribution in [3.05, 3.63) is 35.4 Å². The molecule has 1 aromatic rings. The number of rotatable bonds is 8. The molecule has 0 aliphatic carbocycles. The summed E-state index contributed by atoms with van der Waals surface area (Å²) in [6, 6.07) is 8.56. The van der Waals surface area contributed by atoms with Crippen molar-refractivity contribution in [2.75, 3.05) is 24.7 Å². The molecule has 1 heterocycles. The van der Waals surface area contributed by atoms with Crippen LogP contribution in [0.2, 0.25) is 0 Å². The van der Waals surface area contributed by atoms with Gasteiger partial charge in [-0.25, -0.2) is 0 Å². The number of benzene rings is 1. The van der Waals surface area contributed by atoms with Gasteiger partial charge in [0.15, 0.2) is 0 Å². The van der Waals surface area contributed by atoms with Crippen LogP contribution in [0.15, 0.2) is 24.3 Å². The molecule has 1 fully saturated rings. The van der Waals surface area contributed by atoms with E-state index in [1.165, 1.54) is 11.1 Å². The van der Waals surface area contributed by atoms with Crippen molar-refractivity contribution in [1.82, 2.24) is 5.32 Å². The SMILES string of the molecule is CCCNC(CS(=O)CC1CCCO1)c1ccccc1C. The first-order chi connectivity index (χ1) is 10.2. The molecule has 3 nitrogen and oxygen atoms in total. The molecule has 0 radical (unpaired) electrons. The lowest BCUT2D eigenvalue weighted by Gasteiger charge is -2.21. The summed E-state index contributed by atoms with van der Waals surface area (Å²) in [6.45, 7) is 6.07. The maximum absolute atomic E-state index is 12.4. The van der Waals surface area contributed by atoms with Gasteiger partial charge in [-0.15, -0.1) is 0 Å². The maximum atomic E-state index is 12.4. The Morgan fingerprint density at radius 1 is 1.43 bits per heavy atom. The highest BCUT2D eigenvalue weighted by Crippen LogP contribution is 2.20. The van der Waals surface area contributed by atoms with Gasteiger partial charge in [0, 0.05) is 35.0 Å². The molecule has 0 amide bonds. The van der Waals surface area contributed by atoms with Crippen molar-refractivity contribution in [3.63, 3.8) is 0 Å². The van der Waals surface area contributed by atoms with Crippen LogP contribution in [0.25, 0.3) is 0 Å². The van der Waals surface area contributed by atoms with E-state index < -0.39 is 10.8 Å². The fourth-order valence-electron chi connectivity index (χ4n) is 2.79. The molecule has 3 atom stereocenters. The monoisotopic (exact) mass is 309 g/mol. The minimum Gasteiger partial charge on any atom is -0.377 e. The first-order valence-corrected chi connectivity index (χ1v) is 9.45. The van der Waals surface area contributed by atoms with Crippen LogP contribution in [0.3, 0.4) is 0 Å². The average Bonchev–Trinajstić information content (AvgIpc) is 2.97. The molecule has 1 aliphatic heterocycles. The molecule has 1 saturated heterocycles. The van der Waals surface area contributed by atoms with Gasteiger partial charge >= 0.3 is 0 Å². The summed E-state index contributed by atoms with van der Waals surface area (Å²) < 4.78 is 18.1. The van der Waals surface area contributed by atoms with Gasteiger partial charge < -0.3 is 10.1 Å². The Kier molecular flexibility index (Phi) is 6.87. The minimum atomic E-state index is -0.840. The van der Waals surface area contributed by atoms with E-state index in [2.05, 4.69) is 43.4 Å². The lowest BCUT2D eigenvalue weighted by atomic mass is 10.0. The summed E-state index contributed by atoms with van der Waals surface area (Å²) in [4.78, 5) is 0. The normalized spacial score (nSPS) is 21.3. The second kappa shape index (κ2) is 8.66. The van der Waals surface area contributed by atoms with Gasteiger partial charge in [-0.2, -0.15) is 0 Å². The van der Waals surface area contributed by atoms with Crippen LogP contribution in [0.1, 0.15) is 43.4 Å². The standard InChI is InChI=1S/C17H27NO2S/c1-3-10-18-17(16-9-5-4-7-14(16)2)13-21(19)12-15-8-6-11-20-15/h4-5,7,9,15,17-18H,3,6,8,10-13H2,1-2H3. The van der Waals surface area contributed by atoms with Gasteiger partial charge in [0.1, 0.15) is 0 Å². The molecule has 118 valence electrons. The van der Waals surface area contributed by atoms with Gasteiger partial charge in [-0.05, 0) is 43.9 Å². The number of hydrogen-bond donors (Lipinski definition) is 1. The summed E-state index contributed by atoms with van der Waals surface area (Å²) >= 11 is 0. The smallest absolute Gasteiger partial charge is 0.0691 e. The van der Waals surface area contributed by atoms with Crippen LogP contribution in [0.5, 0.6) is 0 Å². The summed E-state index contributed by atoms with van der Waals surface area (Å²) in [5.74, 6) is 1.35. The molecule has 4 heteroatoms. The van der Waals surface area contributed by atoms with Gasteiger partial charge in [0.2, 0.25) is 0 Å². The Hall–Kier alpha value is -0.710. The Balaban J connectivity index is 1.98. The Morgan fingerprint density at radius 2 is 2.24 bits per heavy atom. The Morgan fingerprint density at radius 3 is 2.90 bits per heavy atom. The zero-order valence-corrected chi connectivity index (χ0v) is 14.0. The highest BCUT2D eigenvalue weighted by molar-refractivity contribution is 7.85. The van der Waals surface area contributed by atoms with Crippen LogP contribution in [-0.2, 0) is 15.5 Å². The van der Waals surface area contributed by atoms with E-state index in [-0.39, 0.29) is 12.1 Å². The van der Waals surface area contributed by atoms with Crippen molar-refractivity contribution in [2.24, 2.45) is 0 Å². The van der Waals surface area contributed by atoms with Gasteiger partial charge in [-0.3, -0.25) is 4.21 Å². The first kappa shape index (κ1) is 16.7. The molecule has 3 unspecified atom stereocenters. The summed E-state index contributed by atoms with van der Waals surface area (Å²) in [5, 5.41) is 3.55. The second-order valence-corrected chi connectivity index (χ2v) is 7.32. The van der Waals surface area contributed by atoms with E-state index in [1.54, 1.807) is 0 Å². The highest BCUT2D eigenvalue weighted by Gasteiger charge is 2.21. The van der Waals surface area contributed by atoms with Gasteiger partial charge in [0.05, 0.1) is 6.10 Å². The lowest BCUT2D eigenvalue weighted by molar-refractivity contribution is 0.128. The van der Waals surface area contributed by atoms with E-state index in [0.717, 1.165) is 32.4 Å². The third kappa shape index (κ3) is 5.20. The molecule has 0 spiro atoms. The summed E-state index contributed by atoms with van der Waals surface area (Å²) in [6.07, 6.45) is 3.45. The molecule has 21 heavy (non-hydrogen) atoms. The van der Waals surface area contributed by atoms with Crippen molar-refractivity contribution >= 4 is 10.8 Å². The Bertz CT molecular complexity index is 458. The van der Waals surface area contributed by atoms with Crippen molar-refractivity contribution in [1.29, 1.82) is 0 Å². The molecule has 1 N–H and O–H groups in total. The average molecular weight is 309 g/mol. The quantitative estimate of drug-likeness (QED) is 0.802. The molecule has 1 aliphatic rings. The third-order valence-corrected chi connectivity index (χ3v) is 5.40. The van der Waals surface area contributed by atoms with Crippen LogP contribution < -0.4 is 5.32 Å². The van der Waals surface area contributed by atoms with E-state index in [1.807, 2.05) is 0 Å². The predicted molar refractivity (Wildman–Crippen MR) is 89.1 cm³/mol. The van der Waals surface area contributed by atoms with Gasteiger partial charge in [0.25, 0.3) is 0 Å². The number of hydrogen-bond acceptors (Lipinski definition) is 3. The number of ether oxygens (including phenoxy) is 1. The number of aryl methyl sites for hydroxylation is 1. The fraction of sp³-hybridized carbons (Fsp3) is 0.647.